The maximum atomic E-state index is 12.6. The Bertz CT molecular complexity index is 1340. The standard InChI is InChI=1S/C22H28N2O3S.C2H6O6S2/c1-24(12-13-2-3-13)9-8-21-11-15(25)6-7-22(21,27)17(24)10-14-4-5-16(20(23)28)19(26)18(14)21;3-9(4,5)1-2-10(6,7)8/h4-5,13,17,27H,2-3,6-12H2,1H3,(H2-,23,26,28);1-2H2,(H,3,4,5)(H,6,7,8)/p+1/t17-,21-,22-,24?;/m1./s1. The number of aromatic hydroxyl groups is 1. The number of carbonyl (C=O) groups is 1. The number of quaternary nitrogens is 1. The Hall–Kier alpha value is -1.68. The van der Waals surface area contributed by atoms with Gasteiger partial charge in [-0.1, -0.05) is 18.3 Å². The second-order valence-corrected chi connectivity index (χ2v) is 15.0. The molecule has 1 aliphatic heterocycles. The van der Waals surface area contributed by atoms with Crippen LogP contribution in [0.4, 0.5) is 0 Å². The number of nitrogens with zero attached hydrogens (tertiary/aromatic N) is 1. The van der Waals surface area contributed by atoms with Gasteiger partial charge >= 0.3 is 0 Å². The van der Waals surface area contributed by atoms with E-state index in [9.17, 15) is 31.8 Å². The summed E-state index contributed by atoms with van der Waals surface area (Å²) in [6.07, 6.45) is 5.19. The summed E-state index contributed by atoms with van der Waals surface area (Å²) in [7, 11) is -6.31. The third kappa shape index (κ3) is 5.49. The first-order chi connectivity index (χ1) is 17.4. The summed E-state index contributed by atoms with van der Waals surface area (Å²) in [6, 6.07) is 3.85. The molecule has 0 amide bonds. The topological polar surface area (TPSA) is 192 Å². The van der Waals surface area contributed by atoms with Crippen LogP contribution in [0.5, 0.6) is 5.75 Å². The third-order valence-corrected chi connectivity index (χ3v) is 10.8. The normalized spacial score (nSPS) is 32.4. The highest BCUT2D eigenvalue weighted by atomic mass is 32.2. The smallest absolute Gasteiger partial charge is 0.265 e. The van der Waals surface area contributed by atoms with E-state index in [2.05, 4.69) is 7.05 Å². The predicted molar refractivity (Wildman–Crippen MR) is 143 cm³/mol. The summed E-state index contributed by atoms with van der Waals surface area (Å²) >= 11 is 5.14. The van der Waals surface area contributed by atoms with Crippen molar-refractivity contribution in [1.82, 2.24) is 0 Å². The average molecular weight is 592 g/mol. The number of phenols is 1. The summed E-state index contributed by atoms with van der Waals surface area (Å²) in [6.45, 7) is 2.02. The molecule has 4 aliphatic rings. The van der Waals surface area contributed by atoms with Crippen molar-refractivity contribution >= 4 is 43.2 Å². The van der Waals surface area contributed by atoms with Gasteiger partial charge in [0.2, 0.25) is 0 Å². The summed E-state index contributed by atoms with van der Waals surface area (Å²) in [5.74, 6) is -0.944. The van der Waals surface area contributed by atoms with Crippen molar-refractivity contribution < 1.29 is 45.4 Å². The molecule has 0 spiro atoms. The molecule has 1 heterocycles. The third-order valence-electron chi connectivity index (χ3n) is 8.86. The van der Waals surface area contributed by atoms with Crippen LogP contribution in [-0.4, -0.2) is 94.7 Å². The van der Waals surface area contributed by atoms with Crippen LogP contribution in [0.25, 0.3) is 0 Å². The number of ketones is 1. The zero-order valence-corrected chi connectivity index (χ0v) is 23.6. The molecule has 4 atom stereocenters. The van der Waals surface area contributed by atoms with Crippen LogP contribution in [0.3, 0.4) is 0 Å². The molecule has 6 N–H and O–H groups in total. The average Bonchev–Trinajstić information content (AvgIpc) is 3.59. The molecule has 2 saturated carbocycles. The van der Waals surface area contributed by atoms with Crippen LogP contribution in [0.2, 0.25) is 0 Å². The van der Waals surface area contributed by atoms with E-state index in [1.54, 1.807) is 6.07 Å². The van der Waals surface area contributed by atoms with E-state index >= 15 is 0 Å². The highest BCUT2D eigenvalue weighted by Gasteiger charge is 2.70. The fourth-order valence-corrected chi connectivity index (χ4v) is 8.79. The summed E-state index contributed by atoms with van der Waals surface area (Å²) < 4.78 is 56.3. The van der Waals surface area contributed by atoms with Gasteiger partial charge < -0.3 is 20.4 Å². The SMILES string of the molecule is C[N+]1(CC2CC2)CC[C@]23CC(=O)CC[C@@]2(O)[C@H]1Cc1ccc(C(N)=S)c(O)c13.O=S(=O)(O)CCS(=O)(=O)O. The molecule has 1 unspecified atom stereocenters. The predicted octanol–water partition coefficient (Wildman–Crippen LogP) is 0.695. The number of aliphatic hydroxyl groups is 1. The number of fused-ring (bicyclic) bond motifs is 1. The number of rotatable bonds is 6. The molecule has 5 rings (SSSR count). The Balaban J connectivity index is 0.000000289. The van der Waals surface area contributed by atoms with Crippen molar-refractivity contribution in [3.63, 3.8) is 0 Å². The number of carbonyl (C=O) groups excluding carboxylic acids is 1. The van der Waals surface area contributed by atoms with Crippen molar-refractivity contribution in [2.24, 2.45) is 11.7 Å². The molecule has 3 aliphatic carbocycles. The number of nitrogens with two attached hydrogens (primary N) is 1. The zero-order valence-electron chi connectivity index (χ0n) is 21.2. The molecular formula is C24H35N2O9S3+. The van der Waals surface area contributed by atoms with Crippen LogP contribution in [-0.2, 0) is 36.9 Å². The van der Waals surface area contributed by atoms with Gasteiger partial charge in [-0.3, -0.25) is 13.9 Å². The summed E-state index contributed by atoms with van der Waals surface area (Å²) in [5.41, 5.74) is 6.36. The Labute approximate surface area is 228 Å². The molecule has 212 valence electrons. The summed E-state index contributed by atoms with van der Waals surface area (Å²) in [4.78, 5) is 12.7. The van der Waals surface area contributed by atoms with Gasteiger partial charge in [0.15, 0.2) is 0 Å². The minimum atomic E-state index is -4.30. The number of likely N-dealkylation sites (tertiary alicyclic amines) is 1. The van der Waals surface area contributed by atoms with E-state index in [1.165, 1.54) is 12.8 Å². The lowest BCUT2D eigenvalue weighted by Crippen LogP contribution is -2.78. The molecule has 1 aromatic rings. The quantitative estimate of drug-likeness (QED) is 0.178. The van der Waals surface area contributed by atoms with E-state index in [0.29, 0.717) is 31.2 Å². The first-order valence-electron chi connectivity index (χ1n) is 12.5. The number of piperidine rings is 1. The lowest BCUT2D eigenvalue weighted by Gasteiger charge is -2.65. The maximum absolute atomic E-state index is 12.6. The monoisotopic (exact) mass is 591 g/mol. The highest BCUT2D eigenvalue weighted by molar-refractivity contribution is 7.89. The lowest BCUT2D eigenvalue weighted by atomic mass is 9.48. The Morgan fingerprint density at radius 3 is 2.26 bits per heavy atom. The van der Waals surface area contributed by atoms with Crippen molar-refractivity contribution in [3.05, 3.63) is 28.8 Å². The fraction of sp³-hybridized carbons (Fsp3) is 0.667. The highest BCUT2D eigenvalue weighted by Crippen LogP contribution is 2.61. The zero-order chi connectivity index (χ0) is 28.3. The number of Topliss-reactive ketones (excluding diaryl/α,β-unsaturated/α-hetero) is 1. The molecule has 38 heavy (non-hydrogen) atoms. The fourth-order valence-electron chi connectivity index (χ4n) is 6.94. The van der Waals surface area contributed by atoms with E-state index in [1.807, 2.05) is 6.07 Å². The Morgan fingerprint density at radius 2 is 1.74 bits per heavy atom. The molecule has 1 saturated heterocycles. The molecule has 0 radical (unpaired) electrons. The van der Waals surface area contributed by atoms with Crippen molar-refractivity contribution in [2.75, 3.05) is 31.6 Å². The molecule has 1 aromatic carbocycles. The van der Waals surface area contributed by atoms with Crippen LogP contribution < -0.4 is 5.73 Å². The van der Waals surface area contributed by atoms with Gasteiger partial charge in [0.25, 0.3) is 20.2 Å². The van der Waals surface area contributed by atoms with Crippen molar-refractivity contribution in [1.29, 1.82) is 0 Å². The van der Waals surface area contributed by atoms with E-state index < -0.39 is 42.8 Å². The van der Waals surface area contributed by atoms with Gasteiger partial charge in [-0.2, -0.15) is 16.8 Å². The van der Waals surface area contributed by atoms with Crippen molar-refractivity contribution in [3.8, 4) is 5.75 Å². The second kappa shape index (κ2) is 9.75. The number of thiocarbonyl (C=S) groups is 1. The number of benzene rings is 1. The lowest BCUT2D eigenvalue weighted by molar-refractivity contribution is -0.950. The van der Waals surface area contributed by atoms with Crippen molar-refractivity contribution in [2.45, 2.75) is 62.0 Å². The maximum Gasteiger partial charge on any atom is 0.265 e. The van der Waals surface area contributed by atoms with Crippen LogP contribution >= 0.6 is 12.2 Å². The first kappa shape index (κ1) is 29.3. The largest absolute Gasteiger partial charge is 0.507 e. The van der Waals surface area contributed by atoms with E-state index in [-0.39, 0.29) is 22.6 Å². The Morgan fingerprint density at radius 1 is 1.13 bits per heavy atom. The number of hydrogen-bond acceptors (Lipinski definition) is 8. The number of phenolic OH excluding ortho intramolecular Hbond substituents is 1. The van der Waals surface area contributed by atoms with Gasteiger partial charge in [0, 0.05) is 42.6 Å². The van der Waals surface area contributed by atoms with E-state index in [4.69, 9.17) is 27.1 Å². The molecule has 2 bridgehead atoms. The van der Waals surface area contributed by atoms with Gasteiger partial charge in [-0.05, 0) is 30.9 Å². The number of hydrogen-bond donors (Lipinski definition) is 5. The molecule has 0 aromatic heterocycles. The van der Waals surface area contributed by atoms with Gasteiger partial charge in [0.1, 0.15) is 28.2 Å². The minimum absolute atomic E-state index is 0.0533. The van der Waals surface area contributed by atoms with Gasteiger partial charge in [0.05, 0.1) is 37.2 Å². The Kier molecular flexibility index (Phi) is 7.52. The molecular weight excluding hydrogens is 556 g/mol. The number of likely N-dealkylation sites (N-methyl/N-ethyl adjacent to an activating group) is 1. The molecule has 3 fully saturated rings. The van der Waals surface area contributed by atoms with Crippen LogP contribution in [0.1, 0.15) is 55.2 Å². The minimum Gasteiger partial charge on any atom is -0.507 e. The van der Waals surface area contributed by atoms with Gasteiger partial charge in [-0.15, -0.1) is 0 Å². The summed E-state index contributed by atoms with van der Waals surface area (Å²) in [5, 5.41) is 23.3. The van der Waals surface area contributed by atoms with Gasteiger partial charge in [-0.25, -0.2) is 0 Å². The van der Waals surface area contributed by atoms with E-state index in [0.717, 1.165) is 41.0 Å². The molecule has 11 nitrogen and oxygen atoms in total. The second-order valence-electron chi connectivity index (χ2n) is 11.5. The molecule has 14 heteroatoms. The van der Waals surface area contributed by atoms with Crippen LogP contribution in [0.15, 0.2) is 12.1 Å². The van der Waals surface area contributed by atoms with Crippen LogP contribution in [0, 0.1) is 5.92 Å². The first-order valence-corrected chi connectivity index (χ1v) is 16.2.